The molecular formula is C36H40N2O6. The monoisotopic (exact) mass is 596 g/mol. The highest BCUT2D eigenvalue weighted by Gasteiger charge is 2.29. The molecule has 4 aromatic carbocycles. The van der Waals surface area contributed by atoms with E-state index in [9.17, 15) is 30.6 Å². The Balaban J connectivity index is 2.25. The highest BCUT2D eigenvalue weighted by molar-refractivity contribution is 6.15. The van der Waals surface area contributed by atoms with Crippen molar-refractivity contribution in [2.45, 2.75) is 53.4 Å². The fourth-order valence-electron chi connectivity index (χ4n) is 6.06. The maximum absolute atomic E-state index is 12.0. The fourth-order valence-corrected chi connectivity index (χ4v) is 6.06. The number of aryl methyl sites for hydroxylation is 2. The molecule has 44 heavy (non-hydrogen) atoms. The fraction of sp³-hybridized carbons (Fsp3) is 0.278. The Hall–Kier alpha value is -4.98. The normalized spacial score (nSPS) is 12.1. The predicted molar refractivity (Wildman–Crippen MR) is 180 cm³/mol. The molecule has 0 fully saturated rings. The van der Waals surface area contributed by atoms with Crippen LogP contribution in [0.5, 0.6) is 34.5 Å². The second-order valence-corrected chi connectivity index (χ2v) is 11.6. The molecule has 6 N–H and O–H groups in total. The van der Waals surface area contributed by atoms with Gasteiger partial charge in [0, 0.05) is 56.6 Å². The molecule has 0 aromatic heterocycles. The van der Waals surface area contributed by atoms with Gasteiger partial charge in [0.15, 0.2) is 23.0 Å². The number of rotatable bonds is 9. The van der Waals surface area contributed by atoms with E-state index < -0.39 is 11.5 Å². The van der Waals surface area contributed by atoms with E-state index in [2.05, 4.69) is 23.1 Å². The lowest BCUT2D eigenvalue weighted by molar-refractivity contribution is 0.398. The van der Waals surface area contributed by atoms with Gasteiger partial charge in [-0.3, -0.25) is 9.98 Å². The quantitative estimate of drug-likeness (QED) is 0.0656. The van der Waals surface area contributed by atoms with Gasteiger partial charge in [0.2, 0.25) is 0 Å². The van der Waals surface area contributed by atoms with E-state index in [0.29, 0.717) is 44.2 Å². The third-order valence-electron chi connectivity index (χ3n) is 7.90. The van der Waals surface area contributed by atoms with Crippen molar-refractivity contribution < 1.29 is 30.6 Å². The van der Waals surface area contributed by atoms with Gasteiger partial charge < -0.3 is 30.6 Å². The van der Waals surface area contributed by atoms with E-state index in [-0.39, 0.29) is 69.8 Å². The van der Waals surface area contributed by atoms with Gasteiger partial charge in [-0.25, -0.2) is 0 Å². The number of benzene rings is 4. The zero-order valence-corrected chi connectivity index (χ0v) is 26.0. The van der Waals surface area contributed by atoms with Crippen LogP contribution < -0.4 is 0 Å². The molecule has 0 amide bonds. The third-order valence-corrected chi connectivity index (χ3v) is 7.90. The van der Waals surface area contributed by atoms with Gasteiger partial charge in [0.05, 0.1) is 13.1 Å². The van der Waals surface area contributed by atoms with Crippen LogP contribution in [0.25, 0.3) is 32.7 Å². The highest BCUT2D eigenvalue weighted by atomic mass is 16.3. The van der Waals surface area contributed by atoms with Crippen LogP contribution in [0, 0.1) is 13.8 Å². The Morgan fingerprint density at radius 3 is 1.23 bits per heavy atom. The van der Waals surface area contributed by atoms with Crippen LogP contribution in [-0.2, 0) is 0 Å². The highest BCUT2D eigenvalue weighted by Crippen LogP contribution is 2.54. The first-order valence-corrected chi connectivity index (χ1v) is 14.5. The molecule has 0 atom stereocenters. The maximum Gasteiger partial charge on any atom is 0.167 e. The topological polar surface area (TPSA) is 146 Å². The lowest BCUT2D eigenvalue weighted by atomic mass is 9.83. The average Bonchev–Trinajstić information content (AvgIpc) is 2.94. The molecule has 0 spiro atoms. The molecule has 0 heterocycles. The average molecular weight is 597 g/mol. The largest absolute Gasteiger partial charge is 0.507 e. The van der Waals surface area contributed by atoms with E-state index in [4.69, 9.17) is 0 Å². The molecule has 0 aliphatic rings. The number of aliphatic imine (C=N–C) groups is 2. The molecule has 0 saturated carbocycles. The number of nitrogens with zero attached hydrogens (tertiary/aromatic N) is 2. The molecule has 8 heteroatoms. The minimum Gasteiger partial charge on any atom is -0.507 e. The summed E-state index contributed by atoms with van der Waals surface area (Å²) >= 11 is 0. The maximum atomic E-state index is 12.0. The molecule has 0 radical (unpaired) electrons. The van der Waals surface area contributed by atoms with Gasteiger partial charge >= 0.3 is 0 Å². The number of aromatic hydroxyl groups is 6. The summed E-state index contributed by atoms with van der Waals surface area (Å²) in [7, 11) is 0. The summed E-state index contributed by atoms with van der Waals surface area (Å²) in [6.45, 7) is 18.9. The summed E-state index contributed by atoms with van der Waals surface area (Å²) in [6, 6.07) is 3.63. The Bertz CT molecular complexity index is 1750. The smallest absolute Gasteiger partial charge is 0.167 e. The van der Waals surface area contributed by atoms with Gasteiger partial charge in [-0.05, 0) is 47.6 Å². The van der Waals surface area contributed by atoms with Crippen LogP contribution in [0.1, 0.15) is 72.9 Å². The molecule has 8 nitrogen and oxygen atoms in total. The lowest BCUT2D eigenvalue weighted by Gasteiger charge is -2.23. The second kappa shape index (κ2) is 12.3. The van der Waals surface area contributed by atoms with Gasteiger partial charge in [0.25, 0.3) is 0 Å². The number of fused-ring (bicyclic) bond motifs is 2. The third kappa shape index (κ3) is 5.10. The molecule has 0 aliphatic heterocycles. The minimum atomic E-state index is -0.416. The first-order chi connectivity index (χ1) is 20.8. The van der Waals surface area contributed by atoms with E-state index in [1.54, 1.807) is 26.0 Å². The Morgan fingerprint density at radius 1 is 0.591 bits per heavy atom. The Labute approximate surface area is 257 Å². The standard InChI is InChI=1S/C36H40N2O6/c1-9-11-37-15-23-29-21(25(17(3)4)35(43)31(23)39)13-19(7)27(33(29)41)28-20(8)14-22-26(18(5)6)36(44)32(40)24(16-38-12-10-2)30(22)34(28)42/h9-10,13-18,39-44H,1-2,11-12H2,3-8H3. The van der Waals surface area contributed by atoms with Crippen LogP contribution >= 0.6 is 0 Å². The molecule has 230 valence electrons. The number of phenolic OH excluding ortho intramolecular Hbond substituents is 6. The second-order valence-electron chi connectivity index (χ2n) is 11.6. The van der Waals surface area contributed by atoms with Crippen molar-refractivity contribution in [1.29, 1.82) is 0 Å². The number of phenols is 6. The van der Waals surface area contributed by atoms with Crippen molar-refractivity contribution in [3.8, 4) is 45.6 Å². The van der Waals surface area contributed by atoms with Crippen molar-refractivity contribution in [2.24, 2.45) is 9.98 Å². The first kappa shape index (κ1) is 31.9. The minimum absolute atomic E-state index is 0.127. The van der Waals surface area contributed by atoms with Gasteiger partial charge in [0.1, 0.15) is 11.5 Å². The SMILES string of the molecule is C=CCN=Cc1c(O)c(O)c(C(C)C)c2cc(C)c(-c3c(C)cc4c(C(C)C)c(O)c(O)c(C=NCC=C)c4c3O)c(O)c12. The molecule has 0 unspecified atom stereocenters. The molecule has 0 bridgehead atoms. The van der Waals surface area contributed by atoms with Gasteiger partial charge in [-0.15, -0.1) is 13.2 Å². The van der Waals surface area contributed by atoms with Crippen molar-refractivity contribution in [3.05, 3.63) is 70.8 Å². The lowest BCUT2D eigenvalue weighted by Crippen LogP contribution is -2.01. The van der Waals surface area contributed by atoms with Gasteiger partial charge in [-0.2, -0.15) is 0 Å². The zero-order valence-electron chi connectivity index (χ0n) is 26.0. The molecule has 0 aliphatic carbocycles. The van der Waals surface area contributed by atoms with Crippen LogP contribution in [0.3, 0.4) is 0 Å². The summed E-state index contributed by atoms with van der Waals surface area (Å²) in [5, 5.41) is 69.9. The summed E-state index contributed by atoms with van der Waals surface area (Å²) in [6.07, 6.45) is 5.94. The summed E-state index contributed by atoms with van der Waals surface area (Å²) in [4.78, 5) is 8.54. The summed E-state index contributed by atoms with van der Waals surface area (Å²) in [5.41, 5.74) is 2.99. The van der Waals surface area contributed by atoms with E-state index in [1.807, 2.05) is 39.8 Å². The van der Waals surface area contributed by atoms with Crippen molar-refractivity contribution in [2.75, 3.05) is 13.1 Å². The van der Waals surface area contributed by atoms with E-state index in [0.717, 1.165) is 0 Å². The van der Waals surface area contributed by atoms with Crippen LogP contribution in [0.15, 0.2) is 47.4 Å². The summed E-state index contributed by atoms with van der Waals surface area (Å²) < 4.78 is 0. The van der Waals surface area contributed by atoms with Crippen molar-refractivity contribution >= 4 is 34.0 Å². The van der Waals surface area contributed by atoms with Crippen molar-refractivity contribution in [1.82, 2.24) is 0 Å². The molecule has 4 aromatic rings. The van der Waals surface area contributed by atoms with Crippen molar-refractivity contribution in [3.63, 3.8) is 0 Å². The molecule has 4 rings (SSSR count). The first-order valence-electron chi connectivity index (χ1n) is 14.5. The predicted octanol–water partition coefficient (Wildman–Crippen LogP) is 7.97. The number of hydrogen-bond donors (Lipinski definition) is 6. The van der Waals surface area contributed by atoms with Gasteiger partial charge in [-0.1, -0.05) is 52.0 Å². The Morgan fingerprint density at radius 2 is 0.932 bits per heavy atom. The molecular weight excluding hydrogens is 556 g/mol. The van der Waals surface area contributed by atoms with E-state index in [1.165, 1.54) is 12.4 Å². The van der Waals surface area contributed by atoms with Crippen LogP contribution in [-0.4, -0.2) is 56.2 Å². The zero-order chi connectivity index (χ0) is 32.6. The van der Waals surface area contributed by atoms with Crippen LogP contribution in [0.4, 0.5) is 0 Å². The molecule has 0 saturated heterocycles. The number of hydrogen-bond acceptors (Lipinski definition) is 8. The summed E-state index contributed by atoms with van der Waals surface area (Å²) in [5.74, 6) is -2.25. The Kier molecular flexibility index (Phi) is 8.95. The van der Waals surface area contributed by atoms with Crippen LogP contribution in [0.2, 0.25) is 0 Å². The van der Waals surface area contributed by atoms with E-state index >= 15 is 0 Å².